The van der Waals surface area contributed by atoms with E-state index >= 15 is 0 Å². The minimum absolute atomic E-state index is 0. The molecule has 0 saturated carbocycles. The first-order chi connectivity index (χ1) is 9.75. The van der Waals surface area contributed by atoms with Gasteiger partial charge < -0.3 is 18.4 Å². The van der Waals surface area contributed by atoms with E-state index in [4.69, 9.17) is 4.74 Å². The third kappa shape index (κ3) is 16.1. The number of ether oxygens (including phenoxy) is 1. The van der Waals surface area contributed by atoms with Crippen LogP contribution in [0.2, 0.25) is 0 Å². The molecule has 19 heteroatoms. The second-order valence-electron chi connectivity index (χ2n) is 4.11. The van der Waals surface area contributed by atoms with Gasteiger partial charge in [-0.3, -0.25) is 8.37 Å². The normalized spacial score (nSPS) is 24.4. The number of hydrogen-bond acceptors (Lipinski definition) is 12. The van der Waals surface area contributed by atoms with Crippen molar-refractivity contribution in [1.82, 2.24) is 4.72 Å². The molecule has 1 saturated heterocycles. The van der Waals surface area contributed by atoms with E-state index in [1.807, 2.05) is 0 Å². The maximum absolute atomic E-state index is 10.6. The van der Waals surface area contributed by atoms with Gasteiger partial charge in [0.15, 0.2) is 10.3 Å². The summed E-state index contributed by atoms with van der Waals surface area (Å²) >= 11 is 0. The van der Waals surface area contributed by atoms with Gasteiger partial charge in [0.05, 0.1) is 31.5 Å². The molecule has 1 aliphatic rings. The fourth-order valence-corrected chi connectivity index (χ4v) is 3.09. The Kier molecular flexibility index (Phi) is 16.8. The Balaban J connectivity index is -0.00000161. The van der Waals surface area contributed by atoms with Crippen molar-refractivity contribution in [2.24, 2.45) is 0 Å². The van der Waals surface area contributed by atoms with E-state index < -0.39 is 69.0 Å². The zero-order chi connectivity index (χ0) is 17.2. The van der Waals surface area contributed by atoms with E-state index in [2.05, 4.69) is 8.37 Å². The van der Waals surface area contributed by atoms with Crippen LogP contribution in [0.1, 0.15) is 6.42 Å². The zero-order valence-corrected chi connectivity index (χ0v) is 21.9. The van der Waals surface area contributed by atoms with Crippen molar-refractivity contribution in [1.29, 1.82) is 0 Å². The molecule has 1 fully saturated rings. The Morgan fingerprint density at radius 2 is 1.48 bits per heavy atom. The Hall–Kier alpha value is 2.57. The van der Waals surface area contributed by atoms with E-state index in [1.54, 1.807) is 0 Å². The molecule has 0 aliphatic carbocycles. The molecule has 1 heterocycles. The molecule has 13 nitrogen and oxygen atoms in total. The molecule has 0 bridgehead atoms. The fourth-order valence-electron chi connectivity index (χ4n) is 1.67. The molecule has 132 valence electrons. The third-order valence-corrected chi connectivity index (χ3v) is 3.89. The molecule has 0 spiro atoms. The van der Waals surface area contributed by atoms with Gasteiger partial charge >= 0.3 is 88.7 Å². The molecule has 1 aliphatic heterocycles. The summed E-state index contributed by atoms with van der Waals surface area (Å²) in [4.78, 5) is 0. The molecule has 0 aromatic carbocycles. The van der Waals surface area contributed by atoms with Crippen LogP contribution < -0.4 is 93.4 Å². The topological polar surface area (TPSA) is 211 Å². The molecule has 1 N–H and O–H groups in total. The van der Waals surface area contributed by atoms with Gasteiger partial charge in [0.1, 0.15) is 0 Å². The minimum atomic E-state index is -5.24. The summed E-state index contributed by atoms with van der Waals surface area (Å²) in [6.45, 7) is -1.42. The quantitative estimate of drug-likeness (QED) is 0.216. The first-order valence-corrected chi connectivity index (χ1v) is 9.42. The van der Waals surface area contributed by atoms with Crippen molar-refractivity contribution in [3.63, 3.8) is 0 Å². The molecule has 0 radical (unpaired) electrons. The monoisotopic (exact) mass is 453 g/mol. The van der Waals surface area contributed by atoms with Crippen LogP contribution in [0, 0.1) is 0 Å². The average Bonchev–Trinajstić information content (AvgIpc) is 2.24. The zero-order valence-electron chi connectivity index (χ0n) is 13.5. The van der Waals surface area contributed by atoms with Gasteiger partial charge in [0, 0.05) is 6.42 Å². The largest absolute Gasteiger partial charge is 1.00 e. The number of nitrogens with one attached hydrogen (secondary N) is 1. The van der Waals surface area contributed by atoms with Crippen LogP contribution >= 0.6 is 0 Å². The standard InChI is InChI=1S/C6H13NO12S3.3Na/c8-20(9,10)7-5-3-17-4(2-18-21(11,12)13)1-6(5)19-22(14,15)16;;;/h4-7H,1-3H2,(H,8,9,10)(H,11,12,13)(H,14,15,16);;;/q;3*+1/p-3. The van der Waals surface area contributed by atoms with Gasteiger partial charge in [-0.2, -0.15) is 0 Å². The van der Waals surface area contributed by atoms with Gasteiger partial charge in [0.25, 0.3) is 0 Å². The maximum atomic E-state index is 10.6. The Morgan fingerprint density at radius 3 is 1.88 bits per heavy atom. The van der Waals surface area contributed by atoms with Crippen LogP contribution in [-0.2, 0) is 44.2 Å². The number of hydrogen-bond donors (Lipinski definition) is 1. The Morgan fingerprint density at radius 1 is 0.960 bits per heavy atom. The van der Waals surface area contributed by atoms with E-state index in [1.165, 1.54) is 4.72 Å². The minimum Gasteiger partial charge on any atom is -0.735 e. The molecule has 0 amide bonds. The molecular weight excluding hydrogens is 443 g/mol. The van der Waals surface area contributed by atoms with Gasteiger partial charge in [-0.1, -0.05) is 0 Å². The third-order valence-electron chi connectivity index (χ3n) is 2.39. The summed E-state index contributed by atoms with van der Waals surface area (Å²) in [5, 5.41) is 0. The van der Waals surface area contributed by atoms with Gasteiger partial charge in [-0.05, 0) is 0 Å². The molecular formula is C6H10NNa3O12S3. The van der Waals surface area contributed by atoms with E-state index in [-0.39, 0.29) is 88.7 Å². The summed E-state index contributed by atoms with van der Waals surface area (Å²) in [7, 11) is -15.3. The molecule has 3 atom stereocenters. The molecule has 25 heavy (non-hydrogen) atoms. The van der Waals surface area contributed by atoms with Crippen molar-refractivity contribution in [3.05, 3.63) is 0 Å². The summed E-state index contributed by atoms with van der Waals surface area (Å²) < 4.78 is 109. The maximum Gasteiger partial charge on any atom is 1.00 e. The number of rotatable bonds is 7. The average molecular weight is 453 g/mol. The van der Waals surface area contributed by atoms with E-state index in [9.17, 15) is 38.9 Å². The molecule has 0 aromatic heterocycles. The predicted molar refractivity (Wildman–Crippen MR) is 61.2 cm³/mol. The van der Waals surface area contributed by atoms with Crippen molar-refractivity contribution in [2.75, 3.05) is 13.2 Å². The van der Waals surface area contributed by atoms with Crippen molar-refractivity contribution in [2.45, 2.75) is 24.7 Å². The predicted octanol–water partition coefficient (Wildman–Crippen LogP) is -12.5. The Bertz CT molecular complexity index is 694. The first-order valence-electron chi connectivity index (χ1n) is 5.34. The van der Waals surface area contributed by atoms with Crippen LogP contribution in [0.15, 0.2) is 0 Å². The Labute approximate surface area is 211 Å². The van der Waals surface area contributed by atoms with Crippen LogP contribution in [-0.4, -0.2) is 70.4 Å². The SMILES string of the molecule is O=S(=O)([O-])NC1COC(COS(=O)(=O)[O-])CC1OS(=O)(=O)[O-].[Na+].[Na+].[Na+]. The van der Waals surface area contributed by atoms with Gasteiger partial charge in [-0.25, -0.2) is 30.0 Å². The summed E-state index contributed by atoms with van der Waals surface area (Å²) in [6.07, 6.45) is -3.34. The van der Waals surface area contributed by atoms with Crippen molar-refractivity contribution < 1.29 is 141 Å². The van der Waals surface area contributed by atoms with Crippen LogP contribution in [0.3, 0.4) is 0 Å². The molecule has 1 rings (SSSR count). The van der Waals surface area contributed by atoms with Crippen LogP contribution in [0.25, 0.3) is 0 Å². The summed E-state index contributed by atoms with van der Waals surface area (Å²) in [5.41, 5.74) is 0. The summed E-state index contributed by atoms with van der Waals surface area (Å²) in [6, 6.07) is -1.49. The van der Waals surface area contributed by atoms with Gasteiger partial charge in [-0.15, -0.1) is 0 Å². The smallest absolute Gasteiger partial charge is 0.735 e. The summed E-state index contributed by atoms with van der Waals surface area (Å²) in [5.74, 6) is 0. The molecule has 3 unspecified atom stereocenters. The second-order valence-corrected chi connectivity index (χ2v) is 7.31. The van der Waals surface area contributed by atoms with Gasteiger partial charge in [0.2, 0.25) is 20.8 Å². The van der Waals surface area contributed by atoms with Crippen molar-refractivity contribution in [3.8, 4) is 0 Å². The van der Waals surface area contributed by atoms with E-state index in [0.29, 0.717) is 0 Å². The molecule has 0 aromatic rings. The van der Waals surface area contributed by atoms with E-state index in [0.717, 1.165) is 0 Å². The second kappa shape index (κ2) is 13.0. The first kappa shape index (κ1) is 32.2. The van der Waals surface area contributed by atoms with Crippen LogP contribution in [0.4, 0.5) is 0 Å². The van der Waals surface area contributed by atoms with Crippen molar-refractivity contribution >= 4 is 31.1 Å². The fraction of sp³-hybridized carbons (Fsp3) is 1.00. The van der Waals surface area contributed by atoms with Crippen LogP contribution in [0.5, 0.6) is 0 Å².